The van der Waals surface area contributed by atoms with E-state index in [1.165, 1.54) is 0 Å². The molecule has 1 heterocycles. The van der Waals surface area contributed by atoms with Gasteiger partial charge in [0, 0.05) is 24.5 Å². The third kappa shape index (κ3) is 2.97. The van der Waals surface area contributed by atoms with Crippen LogP contribution in [-0.4, -0.2) is 12.1 Å². The standard InChI is InChI=1S/C14H16N2O/c1-11-7-13(10-15-8-11)16-9-12-5-3-4-6-14(12)17-2/h3-8,10,16H,9H2,1-2H3. The van der Waals surface area contributed by atoms with Crippen LogP contribution in [0.1, 0.15) is 11.1 Å². The number of nitrogens with zero attached hydrogens (tertiary/aromatic N) is 1. The topological polar surface area (TPSA) is 34.1 Å². The van der Waals surface area contributed by atoms with Crippen molar-refractivity contribution in [3.8, 4) is 5.75 Å². The fraction of sp³-hybridized carbons (Fsp3) is 0.214. The predicted molar refractivity (Wildman–Crippen MR) is 69.3 cm³/mol. The van der Waals surface area contributed by atoms with Gasteiger partial charge < -0.3 is 10.1 Å². The van der Waals surface area contributed by atoms with Crippen LogP contribution >= 0.6 is 0 Å². The van der Waals surface area contributed by atoms with E-state index in [2.05, 4.69) is 22.4 Å². The van der Waals surface area contributed by atoms with Crippen molar-refractivity contribution in [3.63, 3.8) is 0 Å². The number of hydrogen-bond donors (Lipinski definition) is 1. The first-order valence-corrected chi connectivity index (χ1v) is 5.57. The Balaban J connectivity index is 2.07. The first-order chi connectivity index (χ1) is 8.29. The Bertz CT molecular complexity index is 497. The molecule has 0 aliphatic heterocycles. The fourth-order valence-electron chi connectivity index (χ4n) is 1.70. The molecule has 0 saturated heterocycles. The van der Waals surface area contributed by atoms with E-state index in [1.807, 2.05) is 37.5 Å². The van der Waals surface area contributed by atoms with Crippen molar-refractivity contribution in [2.45, 2.75) is 13.5 Å². The van der Waals surface area contributed by atoms with E-state index in [4.69, 9.17) is 4.74 Å². The third-order valence-corrected chi connectivity index (χ3v) is 2.55. The van der Waals surface area contributed by atoms with Crippen LogP contribution in [0.4, 0.5) is 5.69 Å². The van der Waals surface area contributed by atoms with Crippen LogP contribution in [-0.2, 0) is 6.54 Å². The Morgan fingerprint density at radius 2 is 2.06 bits per heavy atom. The minimum atomic E-state index is 0.731. The quantitative estimate of drug-likeness (QED) is 0.873. The molecule has 0 unspecified atom stereocenters. The molecule has 0 bridgehead atoms. The summed E-state index contributed by atoms with van der Waals surface area (Å²) in [6.07, 6.45) is 3.66. The molecular formula is C14H16N2O. The van der Waals surface area contributed by atoms with Gasteiger partial charge in [-0.15, -0.1) is 0 Å². The van der Waals surface area contributed by atoms with Crippen LogP contribution < -0.4 is 10.1 Å². The number of rotatable bonds is 4. The molecule has 1 N–H and O–H groups in total. The molecule has 0 spiro atoms. The summed E-state index contributed by atoms with van der Waals surface area (Å²) in [6.45, 7) is 2.76. The number of pyridine rings is 1. The average Bonchev–Trinajstić information content (AvgIpc) is 2.37. The van der Waals surface area contributed by atoms with E-state index >= 15 is 0 Å². The maximum absolute atomic E-state index is 5.30. The number of anilines is 1. The number of hydrogen-bond acceptors (Lipinski definition) is 3. The summed E-state index contributed by atoms with van der Waals surface area (Å²) in [7, 11) is 1.69. The number of ether oxygens (including phenoxy) is 1. The molecule has 3 nitrogen and oxygen atoms in total. The van der Waals surface area contributed by atoms with Gasteiger partial charge in [-0.2, -0.15) is 0 Å². The van der Waals surface area contributed by atoms with Gasteiger partial charge in [0.05, 0.1) is 12.8 Å². The van der Waals surface area contributed by atoms with E-state index < -0.39 is 0 Å². The van der Waals surface area contributed by atoms with Gasteiger partial charge in [-0.05, 0) is 24.6 Å². The van der Waals surface area contributed by atoms with Crippen molar-refractivity contribution in [3.05, 3.63) is 53.9 Å². The zero-order chi connectivity index (χ0) is 12.1. The van der Waals surface area contributed by atoms with Crippen LogP contribution in [0.15, 0.2) is 42.7 Å². The molecule has 0 amide bonds. The Morgan fingerprint density at radius 3 is 2.82 bits per heavy atom. The van der Waals surface area contributed by atoms with Crippen LogP contribution in [0.3, 0.4) is 0 Å². The molecule has 0 atom stereocenters. The fourth-order valence-corrected chi connectivity index (χ4v) is 1.70. The number of benzene rings is 1. The van der Waals surface area contributed by atoms with Crippen molar-refractivity contribution >= 4 is 5.69 Å². The summed E-state index contributed by atoms with van der Waals surface area (Å²) in [4.78, 5) is 4.15. The highest BCUT2D eigenvalue weighted by molar-refractivity contribution is 5.44. The van der Waals surface area contributed by atoms with E-state index in [-0.39, 0.29) is 0 Å². The molecule has 2 aromatic rings. The summed E-state index contributed by atoms with van der Waals surface area (Å²) in [5, 5.41) is 3.33. The van der Waals surface area contributed by atoms with Crippen LogP contribution in [0.5, 0.6) is 5.75 Å². The molecule has 17 heavy (non-hydrogen) atoms. The number of para-hydroxylation sites is 1. The maximum Gasteiger partial charge on any atom is 0.123 e. The third-order valence-electron chi connectivity index (χ3n) is 2.55. The Labute approximate surface area is 101 Å². The van der Waals surface area contributed by atoms with E-state index in [0.29, 0.717) is 0 Å². The van der Waals surface area contributed by atoms with Crippen molar-refractivity contribution < 1.29 is 4.74 Å². The van der Waals surface area contributed by atoms with Gasteiger partial charge in [-0.25, -0.2) is 0 Å². The lowest BCUT2D eigenvalue weighted by Crippen LogP contribution is -2.02. The van der Waals surface area contributed by atoms with Crippen molar-refractivity contribution in [1.29, 1.82) is 0 Å². The zero-order valence-electron chi connectivity index (χ0n) is 10.1. The van der Waals surface area contributed by atoms with Gasteiger partial charge in [0.2, 0.25) is 0 Å². The van der Waals surface area contributed by atoms with Crippen LogP contribution in [0.2, 0.25) is 0 Å². The summed E-state index contributed by atoms with van der Waals surface area (Å²) < 4.78 is 5.30. The molecule has 3 heteroatoms. The van der Waals surface area contributed by atoms with Gasteiger partial charge in [0.25, 0.3) is 0 Å². The average molecular weight is 228 g/mol. The monoisotopic (exact) mass is 228 g/mol. The Morgan fingerprint density at radius 1 is 1.24 bits per heavy atom. The maximum atomic E-state index is 5.30. The highest BCUT2D eigenvalue weighted by Gasteiger charge is 2.01. The zero-order valence-corrected chi connectivity index (χ0v) is 10.1. The molecular weight excluding hydrogens is 212 g/mol. The number of aryl methyl sites for hydroxylation is 1. The SMILES string of the molecule is COc1ccccc1CNc1cncc(C)c1. The van der Waals surface area contributed by atoms with Crippen LogP contribution in [0.25, 0.3) is 0 Å². The number of aromatic nitrogens is 1. The molecule has 0 fully saturated rings. The number of nitrogens with one attached hydrogen (secondary N) is 1. The minimum absolute atomic E-state index is 0.731. The molecule has 0 radical (unpaired) electrons. The molecule has 1 aromatic heterocycles. The smallest absolute Gasteiger partial charge is 0.123 e. The molecule has 0 aliphatic carbocycles. The Hall–Kier alpha value is -2.03. The van der Waals surface area contributed by atoms with E-state index in [9.17, 15) is 0 Å². The van der Waals surface area contributed by atoms with Gasteiger partial charge >= 0.3 is 0 Å². The Kier molecular flexibility index (Phi) is 3.60. The van der Waals surface area contributed by atoms with Crippen molar-refractivity contribution in [2.75, 3.05) is 12.4 Å². The second-order valence-electron chi connectivity index (χ2n) is 3.92. The summed E-state index contributed by atoms with van der Waals surface area (Å²) in [5.74, 6) is 0.903. The molecule has 1 aromatic carbocycles. The van der Waals surface area contributed by atoms with Gasteiger partial charge in [0.15, 0.2) is 0 Å². The summed E-state index contributed by atoms with van der Waals surface area (Å²) in [5.41, 5.74) is 3.31. The van der Waals surface area contributed by atoms with Gasteiger partial charge in [0.1, 0.15) is 5.75 Å². The summed E-state index contributed by atoms with van der Waals surface area (Å²) in [6, 6.07) is 10.1. The molecule has 0 saturated carbocycles. The molecule has 2 rings (SSSR count). The molecule has 88 valence electrons. The minimum Gasteiger partial charge on any atom is -0.496 e. The lowest BCUT2D eigenvalue weighted by molar-refractivity contribution is 0.410. The second kappa shape index (κ2) is 5.34. The van der Waals surface area contributed by atoms with Gasteiger partial charge in [-0.1, -0.05) is 18.2 Å². The predicted octanol–water partition coefficient (Wildman–Crippen LogP) is 3.01. The van der Waals surface area contributed by atoms with Crippen LogP contribution in [0, 0.1) is 6.92 Å². The van der Waals surface area contributed by atoms with Crippen molar-refractivity contribution in [2.24, 2.45) is 0 Å². The van der Waals surface area contributed by atoms with Gasteiger partial charge in [-0.3, -0.25) is 4.98 Å². The first-order valence-electron chi connectivity index (χ1n) is 5.57. The van der Waals surface area contributed by atoms with Crippen molar-refractivity contribution in [1.82, 2.24) is 4.98 Å². The second-order valence-corrected chi connectivity index (χ2v) is 3.92. The normalized spacial score (nSPS) is 10.0. The highest BCUT2D eigenvalue weighted by Crippen LogP contribution is 2.18. The lowest BCUT2D eigenvalue weighted by atomic mass is 10.2. The van der Waals surface area contributed by atoms with E-state index in [0.717, 1.165) is 29.1 Å². The van der Waals surface area contributed by atoms with E-state index in [1.54, 1.807) is 7.11 Å². The largest absolute Gasteiger partial charge is 0.496 e. The first kappa shape index (κ1) is 11.5. The highest BCUT2D eigenvalue weighted by atomic mass is 16.5. The number of methoxy groups -OCH3 is 1. The lowest BCUT2D eigenvalue weighted by Gasteiger charge is -2.10. The summed E-state index contributed by atoms with van der Waals surface area (Å²) >= 11 is 0. The molecule has 0 aliphatic rings.